The van der Waals surface area contributed by atoms with Gasteiger partial charge in [-0.2, -0.15) is 0 Å². The number of aromatic nitrogens is 1. The molecule has 0 saturated heterocycles. The van der Waals surface area contributed by atoms with Gasteiger partial charge in [0.25, 0.3) is 0 Å². The van der Waals surface area contributed by atoms with E-state index in [1.165, 1.54) is 0 Å². The zero-order valence-corrected chi connectivity index (χ0v) is 12.4. The number of methoxy groups -OCH3 is 1. The predicted octanol–water partition coefficient (Wildman–Crippen LogP) is 5.01. The van der Waals surface area contributed by atoms with Crippen molar-refractivity contribution in [2.24, 2.45) is 0 Å². The van der Waals surface area contributed by atoms with Gasteiger partial charge in [0.05, 0.1) is 7.11 Å². The van der Waals surface area contributed by atoms with Gasteiger partial charge < -0.3 is 9.30 Å². The zero-order chi connectivity index (χ0) is 14.1. The molecule has 0 aliphatic rings. The Morgan fingerprint density at radius 2 is 1.90 bits per heavy atom. The molecule has 4 heteroatoms. The molecule has 0 saturated carbocycles. The van der Waals surface area contributed by atoms with Crippen LogP contribution in [0, 0.1) is 0 Å². The fraction of sp³-hybridized carbons (Fsp3) is 0.125. The first-order valence-electron chi connectivity index (χ1n) is 6.24. The Labute approximate surface area is 127 Å². The molecule has 0 amide bonds. The number of hydrogen-bond acceptors (Lipinski definition) is 1. The van der Waals surface area contributed by atoms with Gasteiger partial charge in [0.2, 0.25) is 0 Å². The lowest BCUT2D eigenvalue weighted by Gasteiger charge is -2.08. The SMILES string of the molecule is COc1ccc2c(ccn2Cc2cc(Cl)ccc2Cl)c1. The van der Waals surface area contributed by atoms with E-state index in [4.69, 9.17) is 27.9 Å². The number of benzene rings is 2. The first-order chi connectivity index (χ1) is 9.67. The summed E-state index contributed by atoms with van der Waals surface area (Å²) in [5.41, 5.74) is 2.15. The molecule has 102 valence electrons. The summed E-state index contributed by atoms with van der Waals surface area (Å²) in [7, 11) is 1.67. The van der Waals surface area contributed by atoms with E-state index in [0.29, 0.717) is 11.6 Å². The second kappa shape index (κ2) is 5.39. The molecule has 1 aromatic heterocycles. The summed E-state index contributed by atoms with van der Waals surface area (Å²) >= 11 is 12.3. The quantitative estimate of drug-likeness (QED) is 0.664. The highest BCUT2D eigenvalue weighted by molar-refractivity contribution is 6.33. The number of nitrogens with zero attached hydrogens (tertiary/aromatic N) is 1. The Balaban J connectivity index is 2.00. The van der Waals surface area contributed by atoms with Crippen LogP contribution in [0.4, 0.5) is 0 Å². The fourth-order valence-electron chi connectivity index (χ4n) is 2.29. The first kappa shape index (κ1) is 13.3. The molecule has 0 unspecified atom stereocenters. The lowest BCUT2D eigenvalue weighted by Crippen LogP contribution is -1.98. The van der Waals surface area contributed by atoms with Crippen LogP contribution >= 0.6 is 23.2 Å². The van der Waals surface area contributed by atoms with Crippen molar-refractivity contribution in [2.75, 3.05) is 7.11 Å². The lowest BCUT2D eigenvalue weighted by molar-refractivity contribution is 0.415. The van der Waals surface area contributed by atoms with Crippen molar-refractivity contribution in [3.63, 3.8) is 0 Å². The third-order valence-electron chi connectivity index (χ3n) is 3.33. The van der Waals surface area contributed by atoms with Crippen molar-refractivity contribution in [3.05, 3.63) is 64.3 Å². The molecule has 20 heavy (non-hydrogen) atoms. The molecule has 2 nitrogen and oxygen atoms in total. The summed E-state index contributed by atoms with van der Waals surface area (Å²) < 4.78 is 7.38. The van der Waals surface area contributed by atoms with Crippen molar-refractivity contribution in [3.8, 4) is 5.75 Å². The molecule has 0 fully saturated rings. The Hall–Kier alpha value is -1.64. The third kappa shape index (κ3) is 2.49. The topological polar surface area (TPSA) is 14.2 Å². The zero-order valence-electron chi connectivity index (χ0n) is 10.9. The standard InChI is InChI=1S/C16H13Cl2NO/c1-20-14-3-5-16-11(9-14)6-7-19(16)10-12-8-13(17)2-4-15(12)18/h2-9H,10H2,1H3. The first-order valence-corrected chi connectivity index (χ1v) is 7.00. The molecule has 0 aliphatic heterocycles. The summed E-state index contributed by atoms with van der Waals surface area (Å²) in [5.74, 6) is 0.857. The molecule has 3 aromatic rings. The maximum Gasteiger partial charge on any atom is 0.119 e. The normalized spacial score (nSPS) is 10.9. The van der Waals surface area contributed by atoms with Crippen molar-refractivity contribution < 1.29 is 4.74 Å². The van der Waals surface area contributed by atoms with Gasteiger partial charge >= 0.3 is 0 Å². The van der Waals surface area contributed by atoms with Crippen LogP contribution in [-0.4, -0.2) is 11.7 Å². The molecule has 0 aliphatic carbocycles. The van der Waals surface area contributed by atoms with Crippen LogP contribution in [0.25, 0.3) is 10.9 Å². The summed E-state index contributed by atoms with van der Waals surface area (Å²) in [5, 5.41) is 2.56. The van der Waals surface area contributed by atoms with Crippen LogP contribution in [0.5, 0.6) is 5.75 Å². The van der Waals surface area contributed by atoms with E-state index in [2.05, 4.69) is 10.6 Å². The van der Waals surface area contributed by atoms with Gasteiger partial charge in [-0.15, -0.1) is 0 Å². The molecular formula is C16H13Cl2NO. The van der Waals surface area contributed by atoms with Crippen LogP contribution in [0.3, 0.4) is 0 Å². The van der Waals surface area contributed by atoms with Crippen LogP contribution in [0.1, 0.15) is 5.56 Å². The van der Waals surface area contributed by atoms with E-state index >= 15 is 0 Å². The van der Waals surface area contributed by atoms with Crippen LogP contribution in [0.15, 0.2) is 48.7 Å². The summed E-state index contributed by atoms with van der Waals surface area (Å²) in [6, 6.07) is 13.6. The summed E-state index contributed by atoms with van der Waals surface area (Å²) in [4.78, 5) is 0. The second-order valence-electron chi connectivity index (χ2n) is 4.60. The Bertz CT molecular complexity index is 764. The van der Waals surface area contributed by atoms with Gasteiger partial charge in [-0.3, -0.25) is 0 Å². The summed E-state index contributed by atoms with van der Waals surface area (Å²) in [6.45, 7) is 0.690. The molecule has 0 N–H and O–H groups in total. The minimum Gasteiger partial charge on any atom is -0.497 e. The van der Waals surface area contributed by atoms with E-state index in [0.717, 1.165) is 27.2 Å². The van der Waals surface area contributed by atoms with Crippen LogP contribution in [0.2, 0.25) is 10.0 Å². The average molecular weight is 306 g/mol. The van der Waals surface area contributed by atoms with Crippen LogP contribution in [-0.2, 0) is 6.54 Å². The van der Waals surface area contributed by atoms with Crippen LogP contribution < -0.4 is 4.74 Å². The van der Waals surface area contributed by atoms with Gasteiger partial charge in [0.15, 0.2) is 0 Å². The summed E-state index contributed by atoms with van der Waals surface area (Å²) in [6.07, 6.45) is 2.04. The Kier molecular flexibility index (Phi) is 3.60. The Morgan fingerprint density at radius 1 is 1.05 bits per heavy atom. The Morgan fingerprint density at radius 3 is 2.70 bits per heavy atom. The maximum absolute atomic E-state index is 6.22. The van der Waals surface area contributed by atoms with Crippen molar-refractivity contribution in [1.29, 1.82) is 0 Å². The van der Waals surface area contributed by atoms with E-state index < -0.39 is 0 Å². The van der Waals surface area contributed by atoms with Gasteiger partial charge in [-0.1, -0.05) is 23.2 Å². The molecule has 0 bridgehead atoms. The molecule has 3 rings (SSSR count). The monoisotopic (exact) mass is 305 g/mol. The van der Waals surface area contributed by atoms with Gasteiger partial charge in [0, 0.05) is 33.7 Å². The van der Waals surface area contributed by atoms with Gasteiger partial charge in [0.1, 0.15) is 5.75 Å². The van der Waals surface area contributed by atoms with Crippen molar-refractivity contribution in [1.82, 2.24) is 4.57 Å². The average Bonchev–Trinajstić information content (AvgIpc) is 2.85. The smallest absolute Gasteiger partial charge is 0.119 e. The van der Waals surface area contributed by atoms with E-state index in [1.807, 2.05) is 36.5 Å². The van der Waals surface area contributed by atoms with Gasteiger partial charge in [-0.05, 0) is 48.0 Å². The van der Waals surface area contributed by atoms with E-state index in [-0.39, 0.29) is 0 Å². The lowest BCUT2D eigenvalue weighted by atomic mass is 10.2. The number of halogens is 2. The van der Waals surface area contributed by atoms with E-state index in [9.17, 15) is 0 Å². The molecule has 1 heterocycles. The maximum atomic E-state index is 6.22. The van der Waals surface area contributed by atoms with Crippen molar-refractivity contribution in [2.45, 2.75) is 6.54 Å². The molecular weight excluding hydrogens is 293 g/mol. The minimum atomic E-state index is 0.690. The van der Waals surface area contributed by atoms with Crippen molar-refractivity contribution >= 4 is 34.1 Å². The minimum absolute atomic E-state index is 0.690. The highest BCUT2D eigenvalue weighted by Crippen LogP contribution is 2.25. The number of rotatable bonds is 3. The third-order valence-corrected chi connectivity index (χ3v) is 3.93. The number of hydrogen-bond donors (Lipinski definition) is 0. The molecule has 2 aromatic carbocycles. The number of fused-ring (bicyclic) bond motifs is 1. The number of ether oxygens (including phenoxy) is 1. The molecule has 0 atom stereocenters. The second-order valence-corrected chi connectivity index (χ2v) is 5.45. The highest BCUT2D eigenvalue weighted by Gasteiger charge is 2.06. The predicted molar refractivity (Wildman–Crippen MR) is 84.1 cm³/mol. The largest absolute Gasteiger partial charge is 0.497 e. The molecule has 0 radical (unpaired) electrons. The fourth-order valence-corrected chi connectivity index (χ4v) is 2.66. The highest BCUT2D eigenvalue weighted by atomic mass is 35.5. The molecule has 0 spiro atoms. The van der Waals surface area contributed by atoms with E-state index in [1.54, 1.807) is 13.2 Å². The van der Waals surface area contributed by atoms with Gasteiger partial charge in [-0.25, -0.2) is 0 Å².